The lowest BCUT2D eigenvalue weighted by Gasteiger charge is -2.17. The summed E-state index contributed by atoms with van der Waals surface area (Å²) >= 11 is 0. The molecule has 0 radical (unpaired) electrons. The second-order valence-corrected chi connectivity index (χ2v) is 6.59. The first kappa shape index (κ1) is 20.8. The highest BCUT2D eigenvalue weighted by atomic mass is 19.1. The maximum Gasteiger partial charge on any atom is 0.271 e. The van der Waals surface area contributed by atoms with E-state index in [0.717, 1.165) is 4.57 Å². The molecule has 0 atom stereocenters. The number of carbonyl (C=O) groups excluding carboxylic acids is 1. The maximum absolute atomic E-state index is 13.3. The number of halogens is 1. The molecule has 6 nitrogen and oxygen atoms in total. The van der Waals surface area contributed by atoms with Crippen molar-refractivity contribution in [1.82, 2.24) is 4.57 Å². The predicted octanol–water partition coefficient (Wildman–Crippen LogP) is 3.55. The van der Waals surface area contributed by atoms with Gasteiger partial charge in [-0.2, -0.15) is 5.26 Å². The van der Waals surface area contributed by atoms with E-state index in [1.165, 1.54) is 31.2 Å². The van der Waals surface area contributed by atoms with Crippen LogP contribution in [0, 0.1) is 24.1 Å². The molecule has 0 aliphatic rings. The number of rotatable bonds is 6. The number of benzene rings is 2. The summed E-state index contributed by atoms with van der Waals surface area (Å²) in [4.78, 5) is 26.1. The molecule has 0 unspecified atom stereocenters. The van der Waals surface area contributed by atoms with E-state index in [9.17, 15) is 24.3 Å². The maximum atomic E-state index is 13.3. The minimum absolute atomic E-state index is 0.0895. The summed E-state index contributed by atoms with van der Waals surface area (Å²) < 4.78 is 19.6. The topological polar surface area (TPSA) is 92.3 Å². The molecule has 0 aliphatic heterocycles. The van der Waals surface area contributed by atoms with Crippen LogP contribution in [0.3, 0.4) is 0 Å². The lowest BCUT2D eigenvalue weighted by molar-refractivity contribution is 0.103. The monoisotopic (exact) mass is 406 g/mol. The molecular formula is C23H19FN2O4. The van der Waals surface area contributed by atoms with Crippen LogP contribution in [0.5, 0.6) is 11.6 Å². The summed E-state index contributed by atoms with van der Waals surface area (Å²) in [5.41, 5.74) is -0.311. The van der Waals surface area contributed by atoms with Gasteiger partial charge in [-0.25, -0.2) is 4.39 Å². The molecule has 30 heavy (non-hydrogen) atoms. The Morgan fingerprint density at radius 1 is 1.20 bits per heavy atom. The van der Waals surface area contributed by atoms with Crippen molar-refractivity contribution in [2.45, 2.75) is 20.4 Å². The highest BCUT2D eigenvalue weighted by molar-refractivity contribution is 6.13. The number of ketones is 1. The Labute approximate surface area is 172 Å². The van der Waals surface area contributed by atoms with Crippen molar-refractivity contribution in [3.63, 3.8) is 0 Å². The molecule has 1 heterocycles. The van der Waals surface area contributed by atoms with Gasteiger partial charge in [-0.3, -0.25) is 14.2 Å². The van der Waals surface area contributed by atoms with Crippen molar-refractivity contribution in [1.29, 1.82) is 5.26 Å². The van der Waals surface area contributed by atoms with E-state index >= 15 is 0 Å². The number of aromatic nitrogens is 1. The van der Waals surface area contributed by atoms with E-state index in [2.05, 4.69) is 0 Å². The van der Waals surface area contributed by atoms with Crippen LogP contribution in [-0.4, -0.2) is 22.1 Å². The summed E-state index contributed by atoms with van der Waals surface area (Å²) in [5.74, 6) is -1.24. The minimum atomic E-state index is -0.730. The number of hydrogen-bond donors (Lipinski definition) is 1. The Balaban J connectivity index is 2.20. The van der Waals surface area contributed by atoms with Crippen LogP contribution < -0.4 is 10.3 Å². The first-order chi connectivity index (χ1) is 14.4. The van der Waals surface area contributed by atoms with E-state index in [-0.39, 0.29) is 28.8 Å². The molecule has 3 rings (SSSR count). The predicted molar refractivity (Wildman–Crippen MR) is 108 cm³/mol. The van der Waals surface area contributed by atoms with Gasteiger partial charge < -0.3 is 9.84 Å². The average molecular weight is 406 g/mol. The first-order valence-electron chi connectivity index (χ1n) is 9.26. The van der Waals surface area contributed by atoms with Gasteiger partial charge in [0.25, 0.3) is 5.56 Å². The normalized spacial score (nSPS) is 10.5. The first-order valence-corrected chi connectivity index (χ1v) is 9.26. The molecule has 0 spiro atoms. The molecule has 1 N–H and O–H groups in total. The molecule has 0 aliphatic carbocycles. The minimum Gasteiger partial charge on any atom is -0.494 e. The summed E-state index contributed by atoms with van der Waals surface area (Å²) in [7, 11) is 0. The second kappa shape index (κ2) is 8.62. The molecule has 7 heteroatoms. The molecule has 0 saturated carbocycles. The van der Waals surface area contributed by atoms with Crippen LogP contribution in [-0.2, 0) is 6.54 Å². The zero-order valence-corrected chi connectivity index (χ0v) is 16.5. The Bertz CT molecular complexity index is 1210. The van der Waals surface area contributed by atoms with Gasteiger partial charge in [0.15, 0.2) is 0 Å². The van der Waals surface area contributed by atoms with Crippen molar-refractivity contribution in [2.75, 3.05) is 6.61 Å². The van der Waals surface area contributed by atoms with Gasteiger partial charge in [0.1, 0.15) is 23.2 Å². The zero-order chi connectivity index (χ0) is 21.8. The quantitative estimate of drug-likeness (QED) is 0.632. The number of pyridine rings is 1. The van der Waals surface area contributed by atoms with E-state index in [0.29, 0.717) is 17.9 Å². The van der Waals surface area contributed by atoms with Crippen LogP contribution in [0.1, 0.15) is 39.5 Å². The third kappa shape index (κ3) is 3.80. The number of para-hydroxylation sites is 1. The standard InChI is InChI=1S/C23H19FN2O4/c1-3-30-19-7-5-4-6-17(19)21(27)20-14(2)18(12-25)22(28)26(23(20)29)13-15-8-10-16(24)11-9-15/h4-11,29H,3,13H2,1-2H3. The van der Waals surface area contributed by atoms with Gasteiger partial charge in [-0.15, -0.1) is 0 Å². The highest BCUT2D eigenvalue weighted by Crippen LogP contribution is 2.29. The van der Waals surface area contributed by atoms with Crippen LogP contribution >= 0.6 is 0 Å². The summed E-state index contributed by atoms with van der Waals surface area (Å²) in [6.07, 6.45) is 0. The Hall–Kier alpha value is -3.92. The van der Waals surface area contributed by atoms with Crippen molar-refractivity contribution in [3.05, 3.63) is 92.5 Å². The number of nitriles is 1. The molecule has 0 bridgehead atoms. The summed E-state index contributed by atoms with van der Waals surface area (Å²) in [5, 5.41) is 20.4. The zero-order valence-electron chi connectivity index (χ0n) is 16.5. The Morgan fingerprint density at radius 3 is 2.50 bits per heavy atom. The molecule has 1 aromatic heterocycles. The molecule has 3 aromatic rings. The van der Waals surface area contributed by atoms with Gasteiger partial charge in [-0.1, -0.05) is 24.3 Å². The third-order valence-corrected chi connectivity index (χ3v) is 4.71. The van der Waals surface area contributed by atoms with Crippen LogP contribution in [0.4, 0.5) is 4.39 Å². The molecule has 0 saturated heterocycles. The van der Waals surface area contributed by atoms with Crippen molar-refractivity contribution < 1.29 is 19.0 Å². The SMILES string of the molecule is CCOc1ccccc1C(=O)c1c(C)c(C#N)c(=O)n(Cc2ccc(F)cc2)c1O. The summed E-state index contributed by atoms with van der Waals surface area (Å²) in [6, 6.07) is 13.7. The van der Waals surface area contributed by atoms with Crippen molar-refractivity contribution >= 4 is 5.78 Å². The smallest absolute Gasteiger partial charge is 0.271 e. The molecule has 152 valence electrons. The largest absolute Gasteiger partial charge is 0.494 e. The second-order valence-electron chi connectivity index (χ2n) is 6.59. The van der Waals surface area contributed by atoms with Crippen molar-refractivity contribution in [2.24, 2.45) is 0 Å². The number of carbonyl (C=O) groups is 1. The van der Waals surface area contributed by atoms with Crippen molar-refractivity contribution in [3.8, 4) is 17.7 Å². The number of aromatic hydroxyl groups is 1. The fraction of sp³-hybridized carbons (Fsp3) is 0.174. The van der Waals surface area contributed by atoms with Gasteiger partial charge in [0.2, 0.25) is 11.7 Å². The van der Waals surface area contributed by atoms with Gasteiger partial charge >= 0.3 is 0 Å². The van der Waals surface area contributed by atoms with Gasteiger partial charge in [0.05, 0.1) is 24.3 Å². The lowest BCUT2D eigenvalue weighted by atomic mass is 9.96. The molecule has 0 fully saturated rings. The van der Waals surface area contributed by atoms with Gasteiger partial charge in [0, 0.05) is 0 Å². The fourth-order valence-corrected chi connectivity index (χ4v) is 3.21. The van der Waals surface area contributed by atoms with Crippen LogP contribution in [0.15, 0.2) is 53.3 Å². The number of ether oxygens (including phenoxy) is 1. The Kier molecular flexibility index (Phi) is 5.98. The molecule has 2 aromatic carbocycles. The average Bonchev–Trinajstić information content (AvgIpc) is 2.73. The van der Waals surface area contributed by atoms with Gasteiger partial charge in [-0.05, 0) is 49.2 Å². The lowest BCUT2D eigenvalue weighted by Crippen LogP contribution is -2.27. The fourth-order valence-electron chi connectivity index (χ4n) is 3.21. The van der Waals surface area contributed by atoms with Crippen LogP contribution in [0.2, 0.25) is 0 Å². The number of nitrogens with zero attached hydrogens (tertiary/aromatic N) is 2. The van der Waals surface area contributed by atoms with E-state index < -0.39 is 23.0 Å². The van der Waals surface area contributed by atoms with E-state index in [1.54, 1.807) is 31.2 Å². The third-order valence-electron chi connectivity index (χ3n) is 4.71. The Morgan fingerprint density at radius 2 is 1.87 bits per heavy atom. The molecule has 0 amide bonds. The highest BCUT2D eigenvalue weighted by Gasteiger charge is 2.26. The van der Waals surface area contributed by atoms with E-state index in [4.69, 9.17) is 4.74 Å². The van der Waals surface area contributed by atoms with Crippen LogP contribution in [0.25, 0.3) is 0 Å². The molecular weight excluding hydrogens is 387 g/mol. The summed E-state index contributed by atoms with van der Waals surface area (Å²) in [6.45, 7) is 3.43. The number of hydrogen-bond acceptors (Lipinski definition) is 5. The van der Waals surface area contributed by atoms with E-state index in [1.807, 2.05) is 6.07 Å².